The van der Waals surface area contributed by atoms with Crippen LogP contribution >= 0.6 is 0 Å². The average Bonchev–Trinajstić information content (AvgIpc) is 3.47. The van der Waals surface area contributed by atoms with Gasteiger partial charge in [-0.15, -0.1) is 0 Å². The fraction of sp³-hybridized carbons (Fsp3) is 0.405. The largest absolute Gasteiger partial charge is 0.507 e. The summed E-state index contributed by atoms with van der Waals surface area (Å²) in [6.07, 6.45) is 6.68. The van der Waals surface area contributed by atoms with Crippen LogP contribution in [0.3, 0.4) is 0 Å². The number of carbonyl (C=O) groups is 2. The van der Waals surface area contributed by atoms with E-state index in [-0.39, 0.29) is 31.3 Å². The fourth-order valence-electron chi connectivity index (χ4n) is 4.68. The lowest BCUT2D eigenvalue weighted by atomic mass is 9.97. The van der Waals surface area contributed by atoms with E-state index in [9.17, 15) is 14.7 Å². The molecule has 1 aromatic heterocycles. The molecule has 0 bridgehead atoms. The first-order valence-electron chi connectivity index (χ1n) is 15.7. The second-order valence-corrected chi connectivity index (χ2v) is 11.7. The van der Waals surface area contributed by atoms with Gasteiger partial charge in [0.2, 0.25) is 0 Å². The number of rotatable bonds is 12. The summed E-state index contributed by atoms with van der Waals surface area (Å²) in [5, 5.41) is 14.7. The number of para-hydroxylation sites is 2. The first kappa shape index (κ1) is 35.0. The zero-order chi connectivity index (χ0) is 32.8. The number of furan rings is 1. The highest BCUT2D eigenvalue weighted by atomic mass is 16.6. The maximum Gasteiger partial charge on any atom is 0.407 e. The predicted octanol–water partition coefficient (Wildman–Crippen LogP) is 9.10. The zero-order valence-electron chi connectivity index (χ0n) is 27.4. The molecule has 1 amide bonds. The molecule has 242 valence electrons. The summed E-state index contributed by atoms with van der Waals surface area (Å²) in [7, 11) is 0. The van der Waals surface area contributed by atoms with Crippen molar-refractivity contribution in [2.45, 2.75) is 92.4 Å². The van der Waals surface area contributed by atoms with E-state index in [1.165, 1.54) is 25.7 Å². The Kier molecular flexibility index (Phi) is 13.3. The Morgan fingerprint density at radius 1 is 0.889 bits per heavy atom. The summed E-state index contributed by atoms with van der Waals surface area (Å²) in [5.41, 5.74) is 3.36. The van der Waals surface area contributed by atoms with E-state index in [1.807, 2.05) is 48.5 Å². The summed E-state index contributed by atoms with van der Waals surface area (Å²) < 4.78 is 22.3. The molecule has 0 unspecified atom stereocenters. The van der Waals surface area contributed by atoms with Gasteiger partial charge in [0.25, 0.3) is 0 Å². The Balaban J connectivity index is 0.000000838. The Morgan fingerprint density at radius 2 is 1.60 bits per heavy atom. The molecule has 0 saturated carbocycles. The van der Waals surface area contributed by atoms with E-state index in [0.717, 1.165) is 16.5 Å². The van der Waals surface area contributed by atoms with Crippen molar-refractivity contribution in [3.05, 3.63) is 83.6 Å². The molecule has 2 N–H and O–H groups in total. The van der Waals surface area contributed by atoms with Gasteiger partial charge in [-0.1, -0.05) is 75.9 Å². The number of unbranched alkanes of at least 4 members (excludes halogenated alkanes) is 3. The van der Waals surface area contributed by atoms with Crippen molar-refractivity contribution >= 4 is 23.0 Å². The molecular formula is C37H47NO7. The molecule has 0 atom stereocenters. The predicted molar refractivity (Wildman–Crippen MR) is 177 cm³/mol. The van der Waals surface area contributed by atoms with E-state index in [4.69, 9.17) is 18.6 Å². The highest BCUT2D eigenvalue weighted by Crippen LogP contribution is 2.38. The monoisotopic (exact) mass is 617 g/mol. The highest BCUT2D eigenvalue weighted by Gasteiger charge is 2.19. The van der Waals surface area contributed by atoms with Crippen molar-refractivity contribution in [2.75, 3.05) is 6.61 Å². The molecule has 0 fully saturated rings. The summed E-state index contributed by atoms with van der Waals surface area (Å²) in [5.74, 6) is 0.314. The number of fused-ring (bicyclic) bond motifs is 1. The zero-order valence-corrected chi connectivity index (χ0v) is 27.4. The van der Waals surface area contributed by atoms with Crippen LogP contribution in [-0.2, 0) is 33.8 Å². The number of amides is 1. The Bertz CT molecular complexity index is 1530. The molecule has 45 heavy (non-hydrogen) atoms. The van der Waals surface area contributed by atoms with Crippen LogP contribution in [0.4, 0.5) is 4.79 Å². The van der Waals surface area contributed by atoms with Crippen molar-refractivity contribution in [3.63, 3.8) is 0 Å². The van der Waals surface area contributed by atoms with Gasteiger partial charge in [0.1, 0.15) is 29.3 Å². The van der Waals surface area contributed by atoms with Crippen LogP contribution in [0.15, 0.2) is 71.3 Å². The Hall–Kier alpha value is -4.46. The number of alkyl carbamates (subject to hydrolysis) is 1. The molecule has 0 radical (unpaired) electrons. The van der Waals surface area contributed by atoms with Crippen molar-refractivity contribution < 1.29 is 33.3 Å². The van der Waals surface area contributed by atoms with Crippen LogP contribution in [0.2, 0.25) is 0 Å². The molecule has 0 aliphatic carbocycles. The molecule has 0 aliphatic heterocycles. The second kappa shape index (κ2) is 17.1. The number of phenols is 1. The van der Waals surface area contributed by atoms with Gasteiger partial charge in [-0.2, -0.15) is 0 Å². The molecule has 4 rings (SSSR count). The van der Waals surface area contributed by atoms with Gasteiger partial charge < -0.3 is 29.1 Å². The topological polar surface area (TPSA) is 107 Å². The molecule has 8 heteroatoms. The van der Waals surface area contributed by atoms with Crippen molar-refractivity contribution in [1.82, 2.24) is 5.32 Å². The fourth-order valence-corrected chi connectivity index (χ4v) is 4.68. The smallest absolute Gasteiger partial charge is 0.407 e. The quantitative estimate of drug-likeness (QED) is 0.121. The Morgan fingerprint density at radius 3 is 2.29 bits per heavy atom. The SMILES string of the molecule is CCCCCC.CCOC(=O)Cc1ccccc1OCc1cc(-c2cccc(CNC(=O)OC(C)(C)C)c2O)c2occc2c1. The van der Waals surface area contributed by atoms with Crippen molar-refractivity contribution in [1.29, 1.82) is 0 Å². The van der Waals surface area contributed by atoms with Crippen LogP contribution in [-0.4, -0.2) is 29.4 Å². The second-order valence-electron chi connectivity index (χ2n) is 11.7. The van der Waals surface area contributed by atoms with Gasteiger partial charge in [-0.3, -0.25) is 4.79 Å². The molecule has 0 saturated heterocycles. The van der Waals surface area contributed by atoms with E-state index >= 15 is 0 Å². The van der Waals surface area contributed by atoms with Crippen LogP contribution in [0.5, 0.6) is 11.5 Å². The molecular weight excluding hydrogens is 570 g/mol. The van der Waals surface area contributed by atoms with E-state index in [0.29, 0.717) is 34.6 Å². The van der Waals surface area contributed by atoms with Gasteiger partial charge >= 0.3 is 12.1 Å². The van der Waals surface area contributed by atoms with Crippen LogP contribution in [0.1, 0.15) is 83.9 Å². The molecule has 3 aromatic carbocycles. The van der Waals surface area contributed by atoms with Crippen LogP contribution < -0.4 is 10.1 Å². The number of nitrogens with one attached hydrogen (secondary N) is 1. The lowest BCUT2D eigenvalue weighted by molar-refractivity contribution is -0.142. The average molecular weight is 618 g/mol. The van der Waals surface area contributed by atoms with Gasteiger partial charge in [-0.05, 0) is 57.5 Å². The third-order valence-corrected chi connectivity index (χ3v) is 6.81. The lowest BCUT2D eigenvalue weighted by Gasteiger charge is -2.20. The minimum Gasteiger partial charge on any atom is -0.507 e. The van der Waals surface area contributed by atoms with E-state index in [2.05, 4.69) is 19.2 Å². The normalized spacial score (nSPS) is 11.0. The summed E-state index contributed by atoms with van der Waals surface area (Å²) >= 11 is 0. The third kappa shape index (κ3) is 10.9. The number of ether oxygens (including phenoxy) is 3. The maximum atomic E-state index is 12.1. The van der Waals surface area contributed by atoms with Gasteiger partial charge in [-0.25, -0.2) is 4.79 Å². The summed E-state index contributed by atoms with van der Waals surface area (Å²) in [4.78, 5) is 24.1. The van der Waals surface area contributed by atoms with Gasteiger partial charge in [0.15, 0.2) is 0 Å². The third-order valence-electron chi connectivity index (χ3n) is 6.81. The lowest BCUT2D eigenvalue weighted by Crippen LogP contribution is -2.32. The van der Waals surface area contributed by atoms with Crippen molar-refractivity contribution in [2.24, 2.45) is 0 Å². The molecule has 0 aliphatic rings. The molecule has 0 spiro atoms. The van der Waals surface area contributed by atoms with Crippen molar-refractivity contribution in [3.8, 4) is 22.6 Å². The number of benzene rings is 3. The minimum atomic E-state index is -0.624. The minimum absolute atomic E-state index is 0.0316. The first-order chi connectivity index (χ1) is 21.6. The Labute approximate surface area is 266 Å². The van der Waals surface area contributed by atoms with Gasteiger partial charge in [0.05, 0.1) is 19.3 Å². The highest BCUT2D eigenvalue weighted by molar-refractivity contribution is 5.95. The standard InChI is InChI=1S/C31H33NO7.C6H14/c1-5-36-27(33)17-21-9-6-7-12-26(21)38-19-20-15-22-13-14-37-29(22)25(16-20)24-11-8-10-23(28(24)34)18-32-30(35)39-31(2,3)4;1-3-5-6-4-2/h6-16,34H,5,17-19H2,1-4H3,(H,32,35);3-6H2,1-2H3. The number of hydrogen-bond donors (Lipinski definition) is 2. The number of esters is 1. The molecule has 1 heterocycles. The van der Waals surface area contributed by atoms with Crippen LogP contribution in [0, 0.1) is 0 Å². The molecule has 4 aromatic rings. The maximum absolute atomic E-state index is 12.1. The number of aromatic hydroxyl groups is 1. The van der Waals surface area contributed by atoms with E-state index in [1.54, 1.807) is 46.1 Å². The summed E-state index contributed by atoms with van der Waals surface area (Å²) in [6.45, 7) is 12.2. The number of hydrogen-bond acceptors (Lipinski definition) is 7. The van der Waals surface area contributed by atoms with E-state index < -0.39 is 11.7 Å². The molecule has 8 nitrogen and oxygen atoms in total. The summed E-state index contributed by atoms with van der Waals surface area (Å²) in [6, 6.07) is 18.4. The van der Waals surface area contributed by atoms with Gasteiger partial charge in [0, 0.05) is 34.2 Å². The van der Waals surface area contributed by atoms with Crippen LogP contribution in [0.25, 0.3) is 22.1 Å². The number of carbonyl (C=O) groups excluding carboxylic acids is 2. The first-order valence-corrected chi connectivity index (χ1v) is 15.7. The number of phenolic OH excluding ortho intramolecular Hbond substituents is 1.